The SMILES string of the molecule is O=C(NCc1ccc(Cn2ccnc2)cc1)c1cc(F)c(F)cc1Cl. The van der Waals surface area contributed by atoms with E-state index in [-0.39, 0.29) is 17.1 Å². The molecule has 0 saturated heterocycles. The molecule has 4 nitrogen and oxygen atoms in total. The highest BCUT2D eigenvalue weighted by atomic mass is 35.5. The van der Waals surface area contributed by atoms with Crippen molar-refractivity contribution in [3.63, 3.8) is 0 Å². The van der Waals surface area contributed by atoms with Crippen LogP contribution in [-0.2, 0) is 13.1 Å². The van der Waals surface area contributed by atoms with Gasteiger partial charge < -0.3 is 9.88 Å². The first-order chi connectivity index (χ1) is 12.0. The van der Waals surface area contributed by atoms with E-state index >= 15 is 0 Å². The maximum absolute atomic E-state index is 13.3. The molecule has 0 fully saturated rings. The number of rotatable bonds is 5. The lowest BCUT2D eigenvalue weighted by atomic mass is 10.1. The zero-order valence-electron chi connectivity index (χ0n) is 13.0. The molecule has 1 heterocycles. The fraction of sp³-hybridized carbons (Fsp3) is 0.111. The molecule has 1 aromatic heterocycles. The Morgan fingerprint density at radius 2 is 1.80 bits per heavy atom. The Bertz CT molecular complexity index is 880. The van der Waals surface area contributed by atoms with Crippen molar-refractivity contribution >= 4 is 17.5 Å². The van der Waals surface area contributed by atoms with Crippen molar-refractivity contribution in [3.05, 3.63) is 88.5 Å². The normalized spacial score (nSPS) is 10.7. The molecule has 25 heavy (non-hydrogen) atoms. The number of hydrogen-bond donors (Lipinski definition) is 1. The van der Waals surface area contributed by atoms with Crippen molar-refractivity contribution in [2.24, 2.45) is 0 Å². The minimum absolute atomic E-state index is 0.0997. The molecule has 0 aliphatic rings. The van der Waals surface area contributed by atoms with Gasteiger partial charge in [-0.2, -0.15) is 0 Å². The number of benzene rings is 2. The summed E-state index contributed by atoms with van der Waals surface area (Å²) in [5, 5.41) is 2.51. The van der Waals surface area contributed by atoms with E-state index in [1.165, 1.54) is 0 Å². The molecular weight excluding hydrogens is 348 g/mol. The van der Waals surface area contributed by atoms with Gasteiger partial charge in [-0.1, -0.05) is 35.9 Å². The van der Waals surface area contributed by atoms with Crippen LogP contribution < -0.4 is 5.32 Å². The standard InChI is InChI=1S/C18H14ClF2N3O/c19-15-8-17(21)16(20)7-14(15)18(25)23-9-12-1-3-13(4-2-12)10-24-6-5-22-11-24/h1-8,11H,9-10H2,(H,23,25). The summed E-state index contributed by atoms with van der Waals surface area (Å²) < 4.78 is 28.3. The van der Waals surface area contributed by atoms with Gasteiger partial charge in [0.05, 0.1) is 16.9 Å². The summed E-state index contributed by atoms with van der Waals surface area (Å²) in [4.78, 5) is 16.1. The third-order valence-electron chi connectivity index (χ3n) is 3.65. The Balaban J connectivity index is 1.61. The molecule has 0 spiro atoms. The molecule has 0 unspecified atom stereocenters. The molecule has 2 aromatic carbocycles. The minimum atomic E-state index is -1.11. The highest BCUT2D eigenvalue weighted by molar-refractivity contribution is 6.33. The second kappa shape index (κ2) is 7.44. The molecule has 3 aromatic rings. The molecular formula is C18H14ClF2N3O. The van der Waals surface area contributed by atoms with Crippen LogP contribution in [0.1, 0.15) is 21.5 Å². The molecule has 0 radical (unpaired) electrons. The third-order valence-corrected chi connectivity index (χ3v) is 3.97. The van der Waals surface area contributed by atoms with Gasteiger partial charge in [-0.05, 0) is 23.3 Å². The minimum Gasteiger partial charge on any atom is -0.348 e. The predicted octanol–water partition coefficient (Wildman–Crippen LogP) is 3.79. The number of carbonyl (C=O) groups excluding carboxylic acids is 1. The lowest BCUT2D eigenvalue weighted by molar-refractivity contribution is 0.0950. The third kappa shape index (κ3) is 4.22. The molecule has 0 bridgehead atoms. The number of aromatic nitrogens is 2. The van der Waals surface area contributed by atoms with Gasteiger partial charge >= 0.3 is 0 Å². The number of imidazole rings is 1. The topological polar surface area (TPSA) is 46.9 Å². The van der Waals surface area contributed by atoms with Gasteiger partial charge in [-0.25, -0.2) is 13.8 Å². The number of nitrogens with zero attached hydrogens (tertiary/aromatic N) is 2. The Morgan fingerprint density at radius 1 is 1.12 bits per heavy atom. The van der Waals surface area contributed by atoms with E-state index in [2.05, 4.69) is 10.3 Å². The first kappa shape index (κ1) is 17.1. The van der Waals surface area contributed by atoms with E-state index in [9.17, 15) is 13.6 Å². The summed E-state index contributed by atoms with van der Waals surface area (Å²) >= 11 is 5.79. The summed E-state index contributed by atoms with van der Waals surface area (Å²) in [5.74, 6) is -2.76. The van der Waals surface area contributed by atoms with Crippen LogP contribution >= 0.6 is 11.6 Å². The number of hydrogen-bond acceptors (Lipinski definition) is 2. The van der Waals surface area contributed by atoms with Crippen LogP contribution in [0.2, 0.25) is 5.02 Å². The first-order valence-electron chi connectivity index (χ1n) is 7.49. The van der Waals surface area contributed by atoms with Crippen molar-refractivity contribution in [1.29, 1.82) is 0 Å². The molecule has 0 aliphatic heterocycles. The van der Waals surface area contributed by atoms with Gasteiger partial charge in [0.15, 0.2) is 11.6 Å². The van der Waals surface area contributed by atoms with Crippen LogP contribution in [-0.4, -0.2) is 15.5 Å². The molecule has 0 aliphatic carbocycles. The summed E-state index contributed by atoms with van der Waals surface area (Å²) in [6, 6.07) is 9.26. The highest BCUT2D eigenvalue weighted by Crippen LogP contribution is 2.20. The summed E-state index contributed by atoms with van der Waals surface area (Å²) in [6.45, 7) is 0.955. The zero-order chi connectivity index (χ0) is 17.8. The van der Waals surface area contributed by atoms with E-state index in [1.54, 1.807) is 12.5 Å². The van der Waals surface area contributed by atoms with Crippen LogP contribution in [0.15, 0.2) is 55.1 Å². The summed E-state index contributed by atoms with van der Waals surface area (Å²) in [6.07, 6.45) is 5.33. The molecule has 1 amide bonds. The fourth-order valence-corrected chi connectivity index (χ4v) is 2.56. The number of carbonyl (C=O) groups is 1. The Labute approximate surface area is 148 Å². The van der Waals surface area contributed by atoms with Crippen LogP contribution in [0.25, 0.3) is 0 Å². The summed E-state index contributed by atoms with van der Waals surface area (Å²) in [7, 11) is 0. The van der Waals surface area contributed by atoms with E-state index in [4.69, 9.17) is 11.6 Å². The maximum Gasteiger partial charge on any atom is 0.253 e. The lowest BCUT2D eigenvalue weighted by Gasteiger charge is -2.09. The van der Waals surface area contributed by atoms with Gasteiger partial charge in [0.1, 0.15) is 0 Å². The Kier molecular flexibility index (Phi) is 5.09. The van der Waals surface area contributed by atoms with Gasteiger partial charge in [-0.15, -0.1) is 0 Å². The van der Waals surface area contributed by atoms with Crippen molar-refractivity contribution in [1.82, 2.24) is 14.9 Å². The van der Waals surface area contributed by atoms with Crippen LogP contribution in [0.4, 0.5) is 8.78 Å². The number of nitrogens with one attached hydrogen (secondary N) is 1. The second-order valence-corrected chi connectivity index (χ2v) is 5.89. The van der Waals surface area contributed by atoms with E-state index in [0.29, 0.717) is 6.54 Å². The molecule has 7 heteroatoms. The average molecular weight is 362 g/mol. The Morgan fingerprint density at radius 3 is 2.48 bits per heavy atom. The molecule has 1 N–H and O–H groups in total. The predicted molar refractivity (Wildman–Crippen MR) is 90.3 cm³/mol. The molecule has 0 saturated carbocycles. The van der Waals surface area contributed by atoms with Crippen LogP contribution in [0, 0.1) is 11.6 Å². The van der Waals surface area contributed by atoms with Gasteiger partial charge in [0, 0.05) is 25.5 Å². The fourth-order valence-electron chi connectivity index (χ4n) is 2.33. The zero-order valence-corrected chi connectivity index (χ0v) is 13.8. The second-order valence-electron chi connectivity index (χ2n) is 5.48. The van der Waals surface area contributed by atoms with Gasteiger partial charge in [0.2, 0.25) is 0 Å². The largest absolute Gasteiger partial charge is 0.348 e. The highest BCUT2D eigenvalue weighted by Gasteiger charge is 2.14. The monoisotopic (exact) mass is 361 g/mol. The lowest BCUT2D eigenvalue weighted by Crippen LogP contribution is -2.23. The van der Waals surface area contributed by atoms with E-state index in [1.807, 2.05) is 35.0 Å². The number of amides is 1. The molecule has 128 valence electrons. The van der Waals surface area contributed by atoms with E-state index in [0.717, 1.165) is 23.3 Å². The molecule has 0 atom stereocenters. The van der Waals surface area contributed by atoms with Crippen molar-refractivity contribution in [2.45, 2.75) is 13.1 Å². The van der Waals surface area contributed by atoms with Crippen LogP contribution in [0.5, 0.6) is 0 Å². The van der Waals surface area contributed by atoms with Crippen LogP contribution in [0.3, 0.4) is 0 Å². The number of halogens is 3. The Hall–Kier alpha value is -2.73. The van der Waals surface area contributed by atoms with Gasteiger partial charge in [0.25, 0.3) is 5.91 Å². The quantitative estimate of drug-likeness (QED) is 0.703. The average Bonchev–Trinajstić information content (AvgIpc) is 3.10. The van der Waals surface area contributed by atoms with Crippen molar-refractivity contribution in [2.75, 3.05) is 0 Å². The maximum atomic E-state index is 13.3. The van der Waals surface area contributed by atoms with Gasteiger partial charge in [-0.3, -0.25) is 4.79 Å². The van der Waals surface area contributed by atoms with Crippen molar-refractivity contribution in [3.8, 4) is 0 Å². The molecule has 3 rings (SSSR count). The first-order valence-corrected chi connectivity index (χ1v) is 7.87. The summed E-state index contributed by atoms with van der Waals surface area (Å²) in [5.41, 5.74) is 1.87. The van der Waals surface area contributed by atoms with E-state index < -0.39 is 17.5 Å². The van der Waals surface area contributed by atoms with Crippen molar-refractivity contribution < 1.29 is 13.6 Å². The smallest absolute Gasteiger partial charge is 0.253 e.